The van der Waals surface area contributed by atoms with Crippen LogP contribution in [0.25, 0.3) is 0 Å². The van der Waals surface area contributed by atoms with Crippen molar-refractivity contribution in [3.8, 4) is 0 Å². The topological polar surface area (TPSA) is 29.1 Å². The number of benzene rings is 1. The first-order valence-corrected chi connectivity index (χ1v) is 5.01. The molecule has 0 amide bonds. The highest BCUT2D eigenvalue weighted by atomic mass is 16.1. The number of anilines is 1. The first kappa shape index (κ1) is 9.25. The summed E-state index contributed by atoms with van der Waals surface area (Å²) in [4.78, 5) is 11.0. The third kappa shape index (κ3) is 1.65. The Balaban J connectivity index is 2.18. The molecule has 74 valence electrons. The summed E-state index contributed by atoms with van der Waals surface area (Å²) in [5.74, 6) is 0.257. The van der Waals surface area contributed by atoms with E-state index < -0.39 is 0 Å². The fourth-order valence-corrected chi connectivity index (χ4v) is 2.10. The van der Waals surface area contributed by atoms with Crippen LogP contribution in [0.3, 0.4) is 0 Å². The van der Waals surface area contributed by atoms with Crippen LogP contribution in [0.4, 0.5) is 5.69 Å². The third-order valence-electron chi connectivity index (χ3n) is 2.75. The van der Waals surface area contributed by atoms with Crippen LogP contribution in [0.15, 0.2) is 18.2 Å². The third-order valence-corrected chi connectivity index (χ3v) is 2.75. The molecule has 0 saturated heterocycles. The largest absolute Gasteiger partial charge is 0.381 e. The molecule has 2 rings (SSSR count). The van der Waals surface area contributed by atoms with Gasteiger partial charge >= 0.3 is 0 Å². The number of carbonyl (C=O) groups excluding carboxylic acids is 1. The zero-order valence-corrected chi connectivity index (χ0v) is 8.63. The average Bonchev–Trinajstić information content (AvgIpc) is 2.47. The molecule has 1 aromatic rings. The molecule has 1 heterocycles. The number of Topliss-reactive ketones (excluding diaryl/α,β-unsaturated/α-hetero) is 1. The summed E-state index contributed by atoms with van der Waals surface area (Å²) in [5.41, 5.74) is 3.90. The first-order valence-electron chi connectivity index (χ1n) is 5.01. The van der Waals surface area contributed by atoms with Crippen LogP contribution in [-0.2, 0) is 11.2 Å². The quantitative estimate of drug-likeness (QED) is 0.773. The van der Waals surface area contributed by atoms with Gasteiger partial charge in [-0.1, -0.05) is 12.1 Å². The van der Waals surface area contributed by atoms with Crippen molar-refractivity contribution in [3.05, 3.63) is 29.3 Å². The molecule has 0 aliphatic carbocycles. The van der Waals surface area contributed by atoms with Gasteiger partial charge in [-0.15, -0.1) is 0 Å². The number of aryl methyl sites for hydroxylation is 1. The molecule has 2 nitrogen and oxygen atoms in total. The van der Waals surface area contributed by atoms with Crippen molar-refractivity contribution < 1.29 is 4.79 Å². The van der Waals surface area contributed by atoms with Crippen LogP contribution >= 0.6 is 0 Å². The second-order valence-electron chi connectivity index (χ2n) is 4.05. The van der Waals surface area contributed by atoms with Crippen LogP contribution < -0.4 is 5.32 Å². The summed E-state index contributed by atoms with van der Waals surface area (Å²) < 4.78 is 0. The highest BCUT2D eigenvalue weighted by Crippen LogP contribution is 2.29. The minimum Gasteiger partial charge on any atom is -0.381 e. The summed E-state index contributed by atoms with van der Waals surface area (Å²) in [7, 11) is 0. The zero-order valence-electron chi connectivity index (χ0n) is 8.63. The van der Waals surface area contributed by atoms with Crippen LogP contribution in [-0.4, -0.2) is 11.8 Å². The van der Waals surface area contributed by atoms with E-state index in [9.17, 15) is 4.79 Å². The lowest BCUT2D eigenvalue weighted by molar-refractivity contribution is -0.117. The van der Waals surface area contributed by atoms with Crippen LogP contribution in [0.5, 0.6) is 0 Å². The minimum atomic E-state index is 0.257. The lowest BCUT2D eigenvalue weighted by Crippen LogP contribution is -2.18. The minimum absolute atomic E-state index is 0.257. The molecule has 1 aliphatic heterocycles. The van der Waals surface area contributed by atoms with Gasteiger partial charge in [0.05, 0.1) is 0 Å². The standard InChI is InChI=1S/C12H15NO/c1-8-4-3-5-12-11(8)7-10(13-12)6-9(2)14/h3-5,10,13H,6-7H2,1-2H3. The molecular formula is C12H15NO. The maximum Gasteiger partial charge on any atom is 0.131 e. The molecule has 0 radical (unpaired) electrons. The molecule has 0 saturated carbocycles. The molecule has 0 bridgehead atoms. The van der Waals surface area contributed by atoms with Gasteiger partial charge in [0.25, 0.3) is 0 Å². The van der Waals surface area contributed by atoms with Gasteiger partial charge in [-0.2, -0.15) is 0 Å². The maximum absolute atomic E-state index is 11.0. The molecule has 1 atom stereocenters. The molecule has 1 aromatic carbocycles. The number of rotatable bonds is 2. The van der Waals surface area contributed by atoms with E-state index in [4.69, 9.17) is 0 Å². The van der Waals surface area contributed by atoms with Gasteiger partial charge in [0.2, 0.25) is 0 Å². The van der Waals surface area contributed by atoms with Crippen LogP contribution in [0, 0.1) is 6.92 Å². The normalized spacial score (nSPS) is 18.9. The second kappa shape index (κ2) is 3.45. The van der Waals surface area contributed by atoms with Gasteiger partial charge in [0.15, 0.2) is 0 Å². The first-order chi connectivity index (χ1) is 6.66. The van der Waals surface area contributed by atoms with E-state index in [1.807, 2.05) is 0 Å². The molecule has 14 heavy (non-hydrogen) atoms. The summed E-state index contributed by atoms with van der Waals surface area (Å²) in [5, 5.41) is 3.39. The van der Waals surface area contributed by atoms with E-state index in [2.05, 4.69) is 30.4 Å². The highest BCUT2D eigenvalue weighted by Gasteiger charge is 2.22. The van der Waals surface area contributed by atoms with Crippen molar-refractivity contribution in [1.29, 1.82) is 0 Å². The molecular weight excluding hydrogens is 174 g/mol. The van der Waals surface area contributed by atoms with Crippen molar-refractivity contribution in [3.63, 3.8) is 0 Å². The van der Waals surface area contributed by atoms with Gasteiger partial charge in [0.1, 0.15) is 5.78 Å². The van der Waals surface area contributed by atoms with E-state index in [1.54, 1.807) is 6.92 Å². The molecule has 0 spiro atoms. The summed E-state index contributed by atoms with van der Waals surface area (Å²) in [6.45, 7) is 3.77. The van der Waals surface area contributed by atoms with Gasteiger partial charge < -0.3 is 5.32 Å². The number of fused-ring (bicyclic) bond motifs is 1. The van der Waals surface area contributed by atoms with Crippen molar-refractivity contribution in [2.75, 3.05) is 5.32 Å². The number of ketones is 1. The predicted molar refractivity (Wildman–Crippen MR) is 57.6 cm³/mol. The van der Waals surface area contributed by atoms with E-state index in [0.29, 0.717) is 12.5 Å². The number of nitrogens with one attached hydrogen (secondary N) is 1. The van der Waals surface area contributed by atoms with Crippen molar-refractivity contribution in [2.24, 2.45) is 0 Å². The Bertz CT molecular complexity index is 371. The summed E-state index contributed by atoms with van der Waals surface area (Å²) in [6.07, 6.45) is 1.62. The van der Waals surface area contributed by atoms with E-state index >= 15 is 0 Å². The van der Waals surface area contributed by atoms with Crippen molar-refractivity contribution in [1.82, 2.24) is 0 Å². The fraction of sp³-hybridized carbons (Fsp3) is 0.417. The van der Waals surface area contributed by atoms with Gasteiger partial charge in [-0.3, -0.25) is 4.79 Å². The molecule has 2 heteroatoms. The Morgan fingerprint density at radius 1 is 1.57 bits per heavy atom. The lowest BCUT2D eigenvalue weighted by atomic mass is 10.0. The van der Waals surface area contributed by atoms with Gasteiger partial charge in [0, 0.05) is 18.2 Å². The molecule has 0 fully saturated rings. The molecule has 1 aliphatic rings. The predicted octanol–water partition coefficient (Wildman–Crippen LogP) is 2.31. The fourth-order valence-electron chi connectivity index (χ4n) is 2.10. The average molecular weight is 189 g/mol. The molecule has 1 N–H and O–H groups in total. The Hall–Kier alpha value is -1.31. The lowest BCUT2D eigenvalue weighted by Gasteiger charge is -2.07. The Morgan fingerprint density at radius 2 is 2.36 bits per heavy atom. The summed E-state index contributed by atoms with van der Waals surface area (Å²) >= 11 is 0. The smallest absolute Gasteiger partial charge is 0.131 e. The summed E-state index contributed by atoms with van der Waals surface area (Å²) in [6, 6.07) is 6.57. The Labute approximate surface area is 84.3 Å². The van der Waals surface area contributed by atoms with Gasteiger partial charge in [-0.05, 0) is 37.5 Å². The van der Waals surface area contributed by atoms with E-state index in [0.717, 1.165) is 6.42 Å². The van der Waals surface area contributed by atoms with E-state index in [1.165, 1.54) is 16.8 Å². The Kier molecular flexibility index (Phi) is 2.28. The second-order valence-corrected chi connectivity index (χ2v) is 4.05. The van der Waals surface area contributed by atoms with Crippen molar-refractivity contribution in [2.45, 2.75) is 32.7 Å². The van der Waals surface area contributed by atoms with Crippen molar-refractivity contribution >= 4 is 11.5 Å². The SMILES string of the molecule is CC(=O)CC1Cc2c(C)cccc2N1. The Morgan fingerprint density at radius 3 is 3.00 bits per heavy atom. The number of hydrogen-bond donors (Lipinski definition) is 1. The monoisotopic (exact) mass is 189 g/mol. The van der Waals surface area contributed by atoms with Gasteiger partial charge in [-0.25, -0.2) is 0 Å². The number of hydrogen-bond acceptors (Lipinski definition) is 2. The zero-order chi connectivity index (χ0) is 10.1. The highest BCUT2D eigenvalue weighted by molar-refractivity contribution is 5.77. The number of carbonyl (C=O) groups is 1. The van der Waals surface area contributed by atoms with Crippen LogP contribution in [0.2, 0.25) is 0 Å². The molecule has 0 aromatic heterocycles. The van der Waals surface area contributed by atoms with Crippen LogP contribution in [0.1, 0.15) is 24.5 Å². The van der Waals surface area contributed by atoms with E-state index in [-0.39, 0.29) is 5.78 Å². The molecule has 1 unspecified atom stereocenters. The maximum atomic E-state index is 11.0.